The Kier molecular flexibility index (Phi) is 9.74. The molecule has 0 nitrogen and oxygen atoms in total. The van der Waals surface area contributed by atoms with Gasteiger partial charge < -0.3 is 0 Å². The Morgan fingerprint density at radius 1 is 0.364 bits per heavy atom. The van der Waals surface area contributed by atoms with Crippen molar-refractivity contribution in [3.8, 4) is 29.5 Å². The summed E-state index contributed by atoms with van der Waals surface area (Å²) in [5.41, 5.74) is 2.99. The molecule has 33 heavy (non-hydrogen) atoms. The first kappa shape index (κ1) is 23.9. The van der Waals surface area contributed by atoms with Crippen molar-refractivity contribution in [2.24, 2.45) is 0 Å². The lowest BCUT2D eigenvalue weighted by atomic mass is 10.1. The van der Waals surface area contributed by atoms with Crippen LogP contribution in [0.25, 0.3) is 0 Å². The average Bonchev–Trinajstić information content (AvgIpc) is 2.86. The van der Waals surface area contributed by atoms with E-state index in [9.17, 15) is 0 Å². The molecule has 0 aliphatic heterocycles. The molecule has 0 unspecified atom stereocenters. The quantitative estimate of drug-likeness (QED) is 0.151. The summed E-state index contributed by atoms with van der Waals surface area (Å²) in [6, 6.07) is 37.8. The highest BCUT2D eigenvalue weighted by molar-refractivity contribution is 5.50. The zero-order valence-corrected chi connectivity index (χ0v) is 24.0. The Hall–Kier alpha value is -2.25. The second-order valence-electron chi connectivity index (χ2n) is 6.63. The van der Waals surface area contributed by atoms with Gasteiger partial charge in [-0.2, -0.15) is 0 Å². The Morgan fingerprint density at radius 2 is 0.636 bits per heavy atom. The summed E-state index contributed by atoms with van der Waals surface area (Å²) in [5.74, 6) is 10.1. The summed E-state index contributed by atoms with van der Waals surface area (Å²) in [4.78, 5) is 0. The van der Waals surface area contributed by atoms with Crippen molar-refractivity contribution in [1.29, 1.82) is 0 Å². The fraction of sp³-hybridized carbons (Fsp3) is 0. The largest absolute Gasteiger partial charge is 0.420 e. The van der Waals surface area contributed by atoms with Crippen molar-refractivity contribution < 1.29 is 63.6 Å². The highest BCUT2D eigenvalue weighted by Gasteiger charge is 2.09. The van der Waals surface area contributed by atoms with Gasteiger partial charge in [0.05, 0.1) is 0 Å². The van der Waals surface area contributed by atoms with Gasteiger partial charge in [0.2, 0.25) is 10.7 Å². The number of benzene rings is 4. The van der Waals surface area contributed by atoms with Crippen molar-refractivity contribution in [2.75, 3.05) is 0 Å². The zero-order chi connectivity index (χ0) is 22.6. The van der Waals surface area contributed by atoms with Crippen LogP contribution < -0.4 is 63.6 Å². The van der Waals surface area contributed by atoms with Crippen LogP contribution in [0.5, 0.6) is 0 Å². The molecule has 0 aromatic heterocycles. The van der Waals surface area contributed by atoms with Crippen LogP contribution in [-0.4, -0.2) is 0 Å². The Morgan fingerprint density at radius 3 is 0.909 bits per heavy atom. The summed E-state index contributed by atoms with van der Waals surface area (Å²) >= 11 is -0.978. The Balaban J connectivity index is 1.56. The summed E-state index contributed by atoms with van der Waals surface area (Å²) in [5, 5.41) is 0. The van der Waals surface area contributed by atoms with Crippen molar-refractivity contribution in [2.45, 2.75) is 0 Å². The van der Waals surface area contributed by atoms with Gasteiger partial charge in [0, 0.05) is 16.7 Å². The molecule has 0 spiro atoms. The lowest BCUT2D eigenvalue weighted by Gasteiger charge is -1.94. The standard InChI is InChI=1S/C30H18I3/c1-4-10-28(11-5-1)31-19-16-25-22-26(17-20-32-29-12-6-2-7-13-29)24-27(23-25)18-21-33-30-14-8-3-9-15-30/h1-15,22-24H/q+3. The molecule has 0 radical (unpaired) electrons. The van der Waals surface area contributed by atoms with E-state index in [1.807, 2.05) is 18.2 Å². The zero-order valence-electron chi connectivity index (χ0n) is 17.5. The maximum atomic E-state index is 3.41. The van der Waals surface area contributed by atoms with Crippen LogP contribution in [0.3, 0.4) is 0 Å². The molecular weight excluding hydrogens is 741 g/mol. The van der Waals surface area contributed by atoms with Gasteiger partial charge in [0.15, 0.2) is 11.8 Å². The first-order chi connectivity index (χ1) is 16.3. The van der Waals surface area contributed by atoms with E-state index in [0.29, 0.717) is 0 Å². The van der Waals surface area contributed by atoms with Crippen molar-refractivity contribution in [3.63, 3.8) is 0 Å². The number of hydrogen-bond donors (Lipinski definition) is 0. The van der Waals surface area contributed by atoms with E-state index in [-0.39, 0.29) is 63.6 Å². The molecule has 0 amide bonds. The van der Waals surface area contributed by atoms with E-state index in [4.69, 9.17) is 0 Å². The molecule has 0 saturated heterocycles. The van der Waals surface area contributed by atoms with E-state index in [1.165, 1.54) is 10.7 Å². The van der Waals surface area contributed by atoms with Crippen molar-refractivity contribution in [1.82, 2.24) is 0 Å². The molecule has 0 N–H and O–H groups in total. The van der Waals surface area contributed by atoms with E-state index in [2.05, 4.69) is 121 Å². The first-order valence-corrected chi connectivity index (χ1v) is 16.6. The predicted octanol–water partition coefficient (Wildman–Crippen LogP) is -3.51. The second kappa shape index (κ2) is 13.5. The summed E-state index contributed by atoms with van der Waals surface area (Å²) < 4.78 is 14.2. The minimum Gasteiger partial charge on any atom is -0.0619 e. The molecule has 4 aromatic carbocycles. The van der Waals surface area contributed by atoms with Crippen LogP contribution in [0.2, 0.25) is 0 Å². The summed E-state index contributed by atoms with van der Waals surface area (Å²) in [6.07, 6.45) is 0. The van der Waals surface area contributed by atoms with Crippen LogP contribution in [-0.2, 0) is 0 Å². The van der Waals surface area contributed by atoms with Crippen LogP contribution in [0.15, 0.2) is 109 Å². The number of halogens is 3. The summed E-state index contributed by atoms with van der Waals surface area (Å²) in [7, 11) is 0. The lowest BCUT2D eigenvalue weighted by molar-refractivity contribution is -0.535. The van der Waals surface area contributed by atoms with Crippen LogP contribution in [0, 0.1) is 40.3 Å². The van der Waals surface area contributed by atoms with Gasteiger partial charge in [0.1, 0.15) is 0 Å². The lowest BCUT2D eigenvalue weighted by Crippen LogP contribution is -3.59. The highest BCUT2D eigenvalue weighted by Crippen LogP contribution is 2.07. The molecule has 156 valence electrons. The van der Waals surface area contributed by atoms with Crippen molar-refractivity contribution in [3.05, 3.63) is 137 Å². The van der Waals surface area contributed by atoms with E-state index < -0.39 is 0 Å². The van der Waals surface area contributed by atoms with Crippen LogP contribution >= 0.6 is 0 Å². The molecule has 4 rings (SSSR count). The molecule has 0 atom stereocenters. The molecule has 0 aliphatic rings. The minimum atomic E-state index is -0.326. The fourth-order valence-corrected chi connectivity index (χ4v) is 7.27. The molecule has 0 saturated carbocycles. The van der Waals surface area contributed by atoms with Gasteiger partial charge in [-0.3, -0.25) is 0 Å². The second-order valence-corrected chi connectivity index (χ2v) is 13.6. The molecule has 0 heterocycles. The van der Waals surface area contributed by atoms with E-state index in [0.717, 1.165) is 16.7 Å². The fourth-order valence-electron chi connectivity index (χ4n) is 2.68. The third-order valence-corrected chi connectivity index (χ3v) is 9.82. The van der Waals surface area contributed by atoms with Gasteiger partial charge in [-0.05, 0) is 72.4 Å². The topological polar surface area (TPSA) is 0 Å². The van der Waals surface area contributed by atoms with E-state index in [1.54, 1.807) is 0 Å². The van der Waals surface area contributed by atoms with Gasteiger partial charge in [-0.25, -0.2) is 0 Å². The Bertz CT molecular complexity index is 1190. The maximum absolute atomic E-state index is 3.41. The SMILES string of the molecule is C(#Cc1cc(C#C[I+]c2ccccc2)cc(C#C[I+]c2ccccc2)c1)[I+]c1ccccc1. The monoisotopic (exact) mass is 759 g/mol. The smallest absolute Gasteiger partial charge is 0.0619 e. The van der Waals surface area contributed by atoms with Crippen LogP contribution in [0.4, 0.5) is 0 Å². The minimum absolute atomic E-state index is 0.326. The molecule has 4 aromatic rings. The third-order valence-electron chi connectivity index (χ3n) is 4.18. The predicted molar refractivity (Wildman–Crippen MR) is 122 cm³/mol. The third kappa shape index (κ3) is 8.55. The number of rotatable bonds is 3. The van der Waals surface area contributed by atoms with E-state index >= 15 is 0 Å². The summed E-state index contributed by atoms with van der Waals surface area (Å²) in [6.45, 7) is 0. The normalized spacial score (nSPS) is 9.45. The molecule has 0 aliphatic carbocycles. The van der Waals surface area contributed by atoms with Gasteiger partial charge in [-0.1, -0.05) is 54.6 Å². The molecular formula is C30H18I3+3. The van der Waals surface area contributed by atoms with Gasteiger partial charge in [0.25, 0.3) is 0 Å². The van der Waals surface area contributed by atoms with Gasteiger partial charge >= 0.3 is 63.6 Å². The van der Waals surface area contributed by atoms with Gasteiger partial charge in [-0.15, -0.1) is 0 Å². The van der Waals surface area contributed by atoms with Crippen LogP contribution in [0.1, 0.15) is 16.7 Å². The first-order valence-electron chi connectivity index (χ1n) is 10.1. The molecule has 0 bridgehead atoms. The highest BCUT2D eigenvalue weighted by atomic mass is 127. The molecule has 0 fully saturated rings. The van der Waals surface area contributed by atoms with Crippen molar-refractivity contribution >= 4 is 0 Å². The average molecular weight is 759 g/mol. The number of hydrogen-bond acceptors (Lipinski definition) is 0. The molecule has 3 heteroatoms. The Labute approximate surface area is 227 Å². The maximum Gasteiger partial charge on any atom is 0.420 e.